The minimum Gasteiger partial charge on any atom is -0.491 e. The molecule has 0 radical (unpaired) electrons. The predicted octanol–water partition coefficient (Wildman–Crippen LogP) is -0.775. The topological polar surface area (TPSA) is 76.2 Å². The van der Waals surface area contributed by atoms with E-state index in [0.29, 0.717) is 0 Å². The monoisotopic (exact) mass is 137 g/mol. The van der Waals surface area contributed by atoms with Gasteiger partial charge in [-0.3, -0.25) is 0 Å². The van der Waals surface area contributed by atoms with Gasteiger partial charge in [0.1, 0.15) is 12.7 Å². The van der Waals surface area contributed by atoms with Gasteiger partial charge in [0.25, 0.3) is 5.88 Å². The fourth-order valence-electron chi connectivity index (χ4n) is 0.655. The molecule has 10 heavy (non-hydrogen) atoms. The van der Waals surface area contributed by atoms with E-state index < -0.39 is 0 Å². The lowest BCUT2D eigenvalue weighted by Gasteiger charge is -1.88. The molecule has 2 aromatic rings. The number of fused-ring (bicyclic) bond motifs is 1. The Labute approximate surface area is 55.2 Å². The Morgan fingerprint density at radius 2 is 2.40 bits per heavy atom. The van der Waals surface area contributed by atoms with Crippen molar-refractivity contribution in [3.05, 3.63) is 12.7 Å². The Hall–Kier alpha value is -1.72. The summed E-state index contributed by atoms with van der Waals surface area (Å²) in [7, 11) is 0. The smallest absolute Gasteiger partial charge is 0.260 e. The summed E-state index contributed by atoms with van der Waals surface area (Å²) in [4.78, 5) is 3.50. The minimum atomic E-state index is -0.160. The lowest BCUT2D eigenvalue weighted by atomic mass is 10.7. The lowest BCUT2D eigenvalue weighted by molar-refractivity contribution is 0.452. The summed E-state index contributed by atoms with van der Waals surface area (Å²) >= 11 is 0. The zero-order valence-electron chi connectivity index (χ0n) is 4.84. The van der Waals surface area contributed by atoms with Crippen LogP contribution in [0.4, 0.5) is 0 Å². The fourth-order valence-corrected chi connectivity index (χ4v) is 0.655. The molecule has 0 saturated carbocycles. The highest BCUT2D eigenvalue weighted by Crippen LogP contribution is 2.06. The van der Waals surface area contributed by atoms with Crippen LogP contribution in [0.15, 0.2) is 12.7 Å². The number of rotatable bonds is 0. The van der Waals surface area contributed by atoms with Crippen LogP contribution in [0.5, 0.6) is 5.88 Å². The van der Waals surface area contributed by atoms with Crippen molar-refractivity contribution in [3.8, 4) is 5.88 Å². The largest absolute Gasteiger partial charge is 0.491 e. The number of hydrogen-bond acceptors (Lipinski definition) is 5. The molecule has 6 heteroatoms. The molecule has 0 spiro atoms. The second-order valence-electron chi connectivity index (χ2n) is 1.68. The normalized spacial score (nSPS) is 10.4. The van der Waals surface area contributed by atoms with Crippen LogP contribution in [0.3, 0.4) is 0 Å². The van der Waals surface area contributed by atoms with Gasteiger partial charge in [-0.25, -0.2) is 0 Å². The van der Waals surface area contributed by atoms with Gasteiger partial charge in [-0.15, -0.1) is 10.2 Å². The average Bonchev–Trinajstić information content (AvgIpc) is 2.36. The quantitative estimate of drug-likeness (QED) is 0.515. The first-order valence-corrected chi connectivity index (χ1v) is 2.58. The number of aromatic nitrogens is 5. The molecule has 0 aromatic carbocycles. The first kappa shape index (κ1) is 5.10. The molecule has 0 fully saturated rings. The first-order chi connectivity index (χ1) is 4.88. The third-order valence-electron chi connectivity index (χ3n) is 1.09. The molecule has 0 aliphatic rings. The molecule has 0 aliphatic heterocycles. The second-order valence-corrected chi connectivity index (χ2v) is 1.68. The summed E-state index contributed by atoms with van der Waals surface area (Å²) in [6.45, 7) is 0. The molecular formula is C4H3N5O. The van der Waals surface area contributed by atoms with E-state index in [1.165, 1.54) is 17.2 Å². The van der Waals surface area contributed by atoms with Crippen LogP contribution in [0, 0.1) is 0 Å². The zero-order valence-corrected chi connectivity index (χ0v) is 4.84. The summed E-state index contributed by atoms with van der Waals surface area (Å²) in [5.41, 5.74) is 0.266. The summed E-state index contributed by atoms with van der Waals surface area (Å²) in [5.74, 6) is -0.160. The Bertz CT molecular complexity index is 355. The van der Waals surface area contributed by atoms with Crippen LogP contribution >= 0.6 is 0 Å². The Morgan fingerprint density at radius 1 is 1.50 bits per heavy atom. The highest BCUT2D eigenvalue weighted by atomic mass is 16.3. The number of aromatic hydroxyl groups is 1. The third kappa shape index (κ3) is 0.524. The highest BCUT2D eigenvalue weighted by Gasteiger charge is 2.00. The Kier molecular flexibility index (Phi) is 0.830. The molecule has 2 aromatic heterocycles. The molecule has 2 rings (SSSR count). The van der Waals surface area contributed by atoms with Crippen LogP contribution in [0.2, 0.25) is 0 Å². The third-order valence-corrected chi connectivity index (χ3v) is 1.09. The van der Waals surface area contributed by atoms with E-state index >= 15 is 0 Å². The highest BCUT2D eigenvalue weighted by molar-refractivity contribution is 5.44. The van der Waals surface area contributed by atoms with Gasteiger partial charge in [0.05, 0.1) is 0 Å². The van der Waals surface area contributed by atoms with Gasteiger partial charge in [-0.1, -0.05) is 0 Å². The number of nitrogens with zero attached hydrogens (tertiary/aromatic N) is 5. The van der Waals surface area contributed by atoms with Gasteiger partial charge in [0, 0.05) is 0 Å². The molecule has 0 amide bonds. The van der Waals surface area contributed by atoms with Gasteiger partial charge >= 0.3 is 0 Å². The molecule has 0 saturated heterocycles. The van der Waals surface area contributed by atoms with Crippen LogP contribution in [-0.4, -0.2) is 29.9 Å². The minimum absolute atomic E-state index is 0.160. The van der Waals surface area contributed by atoms with Gasteiger partial charge in [0.2, 0.25) is 5.65 Å². The molecule has 50 valence electrons. The summed E-state index contributed by atoms with van der Waals surface area (Å²) < 4.78 is 1.34. The van der Waals surface area contributed by atoms with E-state index in [1.54, 1.807) is 0 Å². The summed E-state index contributed by atoms with van der Waals surface area (Å²) in [5, 5.41) is 19.8. The maximum atomic E-state index is 8.99. The maximum Gasteiger partial charge on any atom is 0.260 e. The van der Waals surface area contributed by atoms with Crippen molar-refractivity contribution in [1.82, 2.24) is 24.8 Å². The van der Waals surface area contributed by atoms with E-state index in [1.807, 2.05) is 0 Å². The maximum absolute atomic E-state index is 8.99. The van der Waals surface area contributed by atoms with E-state index in [4.69, 9.17) is 5.11 Å². The van der Waals surface area contributed by atoms with Crippen LogP contribution in [0.1, 0.15) is 0 Å². The molecule has 1 N–H and O–H groups in total. The average molecular weight is 137 g/mol. The standard InChI is InChI=1S/C4H3N5O/c10-4-3-8-6-2-9(3)7-1-5-4/h1-2H,(H,5,7,10). The summed E-state index contributed by atoms with van der Waals surface area (Å²) in [6.07, 6.45) is 2.61. The first-order valence-electron chi connectivity index (χ1n) is 2.58. The van der Waals surface area contributed by atoms with Gasteiger partial charge in [-0.2, -0.15) is 14.6 Å². The van der Waals surface area contributed by atoms with Crippen molar-refractivity contribution in [2.75, 3.05) is 0 Å². The van der Waals surface area contributed by atoms with Gasteiger partial charge in [0.15, 0.2) is 0 Å². The molecular weight excluding hydrogens is 134 g/mol. The van der Waals surface area contributed by atoms with Crippen molar-refractivity contribution in [1.29, 1.82) is 0 Å². The van der Waals surface area contributed by atoms with Crippen LogP contribution in [-0.2, 0) is 0 Å². The van der Waals surface area contributed by atoms with E-state index in [9.17, 15) is 0 Å². The SMILES string of the molecule is Oc1ncnn2cnnc12. The Balaban J connectivity index is 2.95. The zero-order chi connectivity index (χ0) is 6.97. The van der Waals surface area contributed by atoms with Crippen molar-refractivity contribution < 1.29 is 5.11 Å². The second kappa shape index (κ2) is 1.63. The van der Waals surface area contributed by atoms with E-state index in [2.05, 4.69) is 20.3 Å². The molecule has 0 aliphatic carbocycles. The van der Waals surface area contributed by atoms with Crippen molar-refractivity contribution >= 4 is 5.65 Å². The molecule has 0 atom stereocenters. The van der Waals surface area contributed by atoms with Gasteiger partial charge in [-0.05, 0) is 0 Å². The fraction of sp³-hybridized carbons (Fsp3) is 0. The summed E-state index contributed by atoms with van der Waals surface area (Å²) in [6, 6.07) is 0. The Morgan fingerprint density at radius 3 is 3.20 bits per heavy atom. The van der Waals surface area contributed by atoms with Crippen molar-refractivity contribution in [3.63, 3.8) is 0 Å². The molecule has 6 nitrogen and oxygen atoms in total. The van der Waals surface area contributed by atoms with Crippen molar-refractivity contribution in [2.45, 2.75) is 0 Å². The van der Waals surface area contributed by atoms with Gasteiger partial charge < -0.3 is 5.11 Å². The van der Waals surface area contributed by atoms with Crippen LogP contribution < -0.4 is 0 Å². The van der Waals surface area contributed by atoms with E-state index in [0.717, 1.165) is 0 Å². The molecule has 0 unspecified atom stereocenters. The van der Waals surface area contributed by atoms with Crippen LogP contribution in [0.25, 0.3) is 5.65 Å². The van der Waals surface area contributed by atoms with E-state index in [-0.39, 0.29) is 11.5 Å². The van der Waals surface area contributed by atoms with Crippen molar-refractivity contribution in [2.24, 2.45) is 0 Å². The lowest BCUT2D eigenvalue weighted by Crippen LogP contribution is -1.90. The molecule has 2 heterocycles. The number of hydrogen-bond donors (Lipinski definition) is 1. The predicted molar refractivity (Wildman–Crippen MR) is 30.2 cm³/mol. The molecule has 0 bridgehead atoms.